The molecule has 2 aromatic heterocycles. The minimum Gasteiger partial charge on any atom is -0.309 e. The fraction of sp³-hybridized carbons (Fsp3) is 0.0769. The maximum atomic E-state index is 2.52. The minimum absolute atomic E-state index is 0.00195. The zero-order valence-electron chi connectivity index (χ0n) is 31.4. The summed E-state index contributed by atoms with van der Waals surface area (Å²) in [6.07, 6.45) is 0. The lowest BCUT2D eigenvalue weighted by molar-refractivity contribution is 0.587. The van der Waals surface area contributed by atoms with Crippen LogP contribution in [0.2, 0.25) is 0 Å². The van der Waals surface area contributed by atoms with Crippen LogP contribution < -0.4 is 20.7 Å². The Morgan fingerprint density at radius 3 is 1.36 bits per heavy atom. The first-order valence-electron chi connectivity index (χ1n) is 19.3. The number of benzene rings is 8. The monoisotopic (exact) mass is 722 g/mol. The van der Waals surface area contributed by atoms with Crippen molar-refractivity contribution in [1.82, 2.24) is 9.13 Å². The van der Waals surface area contributed by atoms with E-state index >= 15 is 0 Å². The van der Waals surface area contributed by atoms with E-state index in [0.717, 1.165) is 5.69 Å². The van der Waals surface area contributed by atoms with Gasteiger partial charge in [-0.15, -0.1) is 0 Å². The van der Waals surface area contributed by atoms with Crippen LogP contribution in [-0.4, -0.2) is 17.2 Å². The molecule has 0 fully saturated rings. The van der Waals surface area contributed by atoms with Crippen LogP contribution in [0.1, 0.15) is 26.3 Å². The summed E-state index contributed by atoms with van der Waals surface area (Å²) in [5.41, 5.74) is 8.60. The van der Waals surface area contributed by atoms with Gasteiger partial charge in [0.1, 0.15) is 0 Å². The molecule has 0 amide bonds. The summed E-state index contributed by atoms with van der Waals surface area (Å²) >= 11 is 0. The molecule has 0 spiro atoms. The second-order valence-corrected chi connectivity index (χ2v) is 19.6. The summed E-state index contributed by atoms with van der Waals surface area (Å²) in [4.78, 5) is 0. The van der Waals surface area contributed by atoms with Crippen LogP contribution in [0.15, 0.2) is 200 Å². The third-order valence-electron chi connectivity index (χ3n) is 11.6. The van der Waals surface area contributed by atoms with Crippen LogP contribution in [0, 0.1) is 0 Å². The quantitative estimate of drug-likeness (QED) is 0.119. The molecule has 0 saturated carbocycles. The number of para-hydroxylation sites is 3. The van der Waals surface area contributed by atoms with E-state index < -0.39 is 8.07 Å². The van der Waals surface area contributed by atoms with Crippen molar-refractivity contribution in [2.45, 2.75) is 26.2 Å². The minimum atomic E-state index is -2.70. The van der Waals surface area contributed by atoms with Gasteiger partial charge in [0.25, 0.3) is 0 Å². The number of hydrogen-bond donors (Lipinski definition) is 0. The van der Waals surface area contributed by atoms with E-state index in [1.807, 2.05) is 0 Å². The largest absolute Gasteiger partial charge is 0.309 e. The molecule has 0 N–H and O–H groups in total. The molecule has 0 radical (unpaired) electrons. The standard InChI is InChI=1S/C52H42N2Si/c1-52(2,3)46-27-15-18-30-51(46)54-48-29-17-14-25-42(48)44-35-37(31-33-50(44)54)53-47-28-16-13-26-43(47)45-36-41(32-34-49(45)53)55(38-19-7-4-8-20-38,39-21-9-5-10-22-39)40-23-11-6-12-24-40/h4-36H,1-3H3. The van der Waals surface area contributed by atoms with Crippen molar-refractivity contribution >= 4 is 72.4 Å². The van der Waals surface area contributed by atoms with Gasteiger partial charge in [0, 0.05) is 32.9 Å². The lowest BCUT2D eigenvalue weighted by atomic mass is 9.85. The maximum Gasteiger partial charge on any atom is 0.179 e. The lowest BCUT2D eigenvalue weighted by Crippen LogP contribution is -2.74. The predicted octanol–water partition coefficient (Wildman–Crippen LogP) is 10.6. The Labute approximate surface area is 323 Å². The highest BCUT2D eigenvalue weighted by Crippen LogP contribution is 2.39. The fourth-order valence-electron chi connectivity index (χ4n) is 9.21. The van der Waals surface area contributed by atoms with Crippen LogP contribution in [0.4, 0.5) is 0 Å². The van der Waals surface area contributed by atoms with Gasteiger partial charge in [0.2, 0.25) is 0 Å². The average Bonchev–Trinajstić information content (AvgIpc) is 3.74. The first kappa shape index (κ1) is 33.2. The van der Waals surface area contributed by atoms with E-state index in [0.29, 0.717) is 0 Å². The van der Waals surface area contributed by atoms with E-state index in [9.17, 15) is 0 Å². The second-order valence-electron chi connectivity index (χ2n) is 15.8. The molecule has 0 aliphatic carbocycles. The van der Waals surface area contributed by atoms with E-state index in [4.69, 9.17) is 0 Å². The Balaban J connectivity index is 1.24. The third-order valence-corrected chi connectivity index (χ3v) is 16.4. The average molecular weight is 723 g/mol. The first-order chi connectivity index (χ1) is 26.9. The van der Waals surface area contributed by atoms with Gasteiger partial charge >= 0.3 is 0 Å². The molecule has 0 atom stereocenters. The van der Waals surface area contributed by atoms with E-state index in [-0.39, 0.29) is 5.41 Å². The first-order valence-corrected chi connectivity index (χ1v) is 21.3. The van der Waals surface area contributed by atoms with Gasteiger partial charge in [-0.25, -0.2) is 0 Å². The van der Waals surface area contributed by atoms with Crippen molar-refractivity contribution in [3.63, 3.8) is 0 Å². The fourth-order valence-corrected chi connectivity index (χ4v) is 14.0. The summed E-state index contributed by atoms with van der Waals surface area (Å²) in [6.45, 7) is 6.91. The number of nitrogens with zero attached hydrogens (tertiary/aromatic N) is 2. The van der Waals surface area contributed by atoms with E-state index in [2.05, 4.69) is 230 Å². The molecule has 2 nitrogen and oxygen atoms in total. The molecular weight excluding hydrogens is 681 g/mol. The van der Waals surface area contributed by atoms with Gasteiger partial charge in [-0.3, -0.25) is 0 Å². The molecule has 10 rings (SSSR count). The summed E-state index contributed by atoms with van der Waals surface area (Å²) in [5, 5.41) is 10.6. The van der Waals surface area contributed by atoms with E-state index in [1.165, 1.54) is 75.6 Å². The number of fused-ring (bicyclic) bond motifs is 6. The Morgan fingerprint density at radius 2 is 0.782 bits per heavy atom. The molecule has 0 bridgehead atoms. The molecule has 0 aliphatic rings. The molecule has 0 saturated heterocycles. The van der Waals surface area contributed by atoms with Gasteiger partial charge in [0.15, 0.2) is 8.07 Å². The molecule has 0 aliphatic heterocycles. The van der Waals surface area contributed by atoms with Crippen LogP contribution in [0.5, 0.6) is 0 Å². The normalized spacial score (nSPS) is 12.3. The number of hydrogen-bond acceptors (Lipinski definition) is 0. The van der Waals surface area contributed by atoms with Crippen LogP contribution in [-0.2, 0) is 5.41 Å². The van der Waals surface area contributed by atoms with Crippen molar-refractivity contribution < 1.29 is 0 Å². The number of rotatable bonds is 6. The zero-order chi connectivity index (χ0) is 37.1. The van der Waals surface area contributed by atoms with Crippen molar-refractivity contribution in [2.75, 3.05) is 0 Å². The van der Waals surface area contributed by atoms with E-state index in [1.54, 1.807) is 0 Å². The lowest BCUT2D eigenvalue weighted by Gasteiger charge is -2.34. The van der Waals surface area contributed by atoms with Gasteiger partial charge in [0.05, 0.1) is 22.1 Å². The Morgan fingerprint density at radius 1 is 0.345 bits per heavy atom. The van der Waals surface area contributed by atoms with Crippen LogP contribution in [0.3, 0.4) is 0 Å². The third kappa shape index (κ3) is 5.15. The van der Waals surface area contributed by atoms with Gasteiger partial charge < -0.3 is 9.13 Å². The van der Waals surface area contributed by atoms with Gasteiger partial charge in [-0.2, -0.15) is 0 Å². The summed E-state index contributed by atoms with van der Waals surface area (Å²) in [6, 6.07) is 74.6. The van der Waals surface area contributed by atoms with Crippen molar-refractivity contribution in [3.05, 3.63) is 206 Å². The van der Waals surface area contributed by atoms with Crippen molar-refractivity contribution in [2.24, 2.45) is 0 Å². The van der Waals surface area contributed by atoms with Gasteiger partial charge in [-0.1, -0.05) is 178 Å². The smallest absolute Gasteiger partial charge is 0.179 e. The summed E-state index contributed by atoms with van der Waals surface area (Å²) in [7, 11) is -2.70. The highest BCUT2D eigenvalue weighted by molar-refractivity contribution is 7.20. The Kier molecular flexibility index (Phi) is 7.76. The SMILES string of the molecule is CC(C)(C)c1ccccc1-n1c2ccccc2c2cc(-n3c4ccccc4c4cc([Si](c5ccccc5)(c5ccccc5)c5ccccc5)ccc43)ccc21. The van der Waals surface area contributed by atoms with Gasteiger partial charge in [-0.05, 0) is 74.2 Å². The molecule has 55 heavy (non-hydrogen) atoms. The highest BCUT2D eigenvalue weighted by Gasteiger charge is 2.41. The summed E-state index contributed by atoms with van der Waals surface area (Å²) in [5.74, 6) is 0. The van der Waals surface area contributed by atoms with Crippen LogP contribution in [0.25, 0.3) is 55.0 Å². The molecule has 3 heteroatoms. The number of aromatic nitrogens is 2. The maximum absolute atomic E-state index is 2.70. The molecule has 2 heterocycles. The molecular formula is C52H42N2Si. The molecule has 264 valence electrons. The highest BCUT2D eigenvalue weighted by atomic mass is 28.3. The Hall–Kier alpha value is -6.42. The predicted molar refractivity (Wildman–Crippen MR) is 237 cm³/mol. The topological polar surface area (TPSA) is 9.86 Å². The van der Waals surface area contributed by atoms with Crippen molar-refractivity contribution in [3.8, 4) is 11.4 Å². The molecule has 8 aromatic carbocycles. The summed E-state index contributed by atoms with van der Waals surface area (Å²) < 4.78 is 4.94. The van der Waals surface area contributed by atoms with Crippen molar-refractivity contribution in [1.29, 1.82) is 0 Å². The molecule has 0 unspecified atom stereocenters. The zero-order valence-corrected chi connectivity index (χ0v) is 32.4. The molecule has 10 aromatic rings. The van der Waals surface area contributed by atoms with Crippen LogP contribution >= 0.6 is 0 Å². The second kappa shape index (κ2) is 12.9. The Bertz CT molecular complexity index is 2910.